The van der Waals surface area contributed by atoms with Gasteiger partial charge in [0.2, 0.25) is 0 Å². The first-order valence-electron chi connectivity index (χ1n) is 5.33. The summed E-state index contributed by atoms with van der Waals surface area (Å²) in [7, 11) is 0. The monoisotopic (exact) mass is 374 g/mol. The van der Waals surface area contributed by atoms with Crippen LogP contribution in [0.15, 0.2) is 54.6 Å². The molecule has 2 aromatic carbocycles. The second-order valence-corrected chi connectivity index (χ2v) is 7.48. The topological polar surface area (TPSA) is 0 Å². The fourth-order valence-corrected chi connectivity index (χ4v) is 4.42. The van der Waals surface area contributed by atoms with E-state index in [0.29, 0.717) is 19.8 Å². The van der Waals surface area contributed by atoms with Crippen LogP contribution in [-0.4, -0.2) is 15.0 Å². The van der Waals surface area contributed by atoms with E-state index in [1.54, 1.807) is 0 Å². The van der Waals surface area contributed by atoms with Crippen LogP contribution in [0.25, 0.3) is 0 Å². The van der Waals surface area contributed by atoms with E-state index < -0.39 is 0 Å². The molecular weight excluding hydrogens is 362 g/mol. The van der Waals surface area contributed by atoms with Gasteiger partial charge in [-0.1, -0.05) is 0 Å². The Morgan fingerprint density at radius 3 is 2.29 bits per heavy atom. The van der Waals surface area contributed by atoms with E-state index in [4.69, 9.17) is 11.6 Å². The summed E-state index contributed by atoms with van der Waals surface area (Å²) in [5.41, 5.74) is 1.30. The molecule has 0 radical (unpaired) electrons. The quantitative estimate of drug-likeness (QED) is 0.555. The van der Waals surface area contributed by atoms with Gasteiger partial charge < -0.3 is 0 Å². The molecule has 0 saturated carbocycles. The number of rotatable bonds is 4. The van der Waals surface area contributed by atoms with Gasteiger partial charge in [0.25, 0.3) is 0 Å². The molecule has 0 spiro atoms. The Labute approximate surface area is 122 Å². The zero-order valence-corrected chi connectivity index (χ0v) is 13.2. The van der Waals surface area contributed by atoms with E-state index in [2.05, 4.69) is 58.4 Å². The van der Waals surface area contributed by atoms with E-state index in [1.165, 1.54) is 10.0 Å². The van der Waals surface area contributed by atoms with Crippen molar-refractivity contribution >= 4 is 46.9 Å². The summed E-state index contributed by atoms with van der Waals surface area (Å²) in [4.78, 5) is 0.417. The molecular formula is C14H12BrClSe. The average Bonchev–Trinajstić information content (AvgIpc) is 2.38. The van der Waals surface area contributed by atoms with Crippen molar-refractivity contribution in [1.82, 2.24) is 0 Å². The summed E-state index contributed by atoms with van der Waals surface area (Å²) >= 11 is 10.1. The zero-order chi connectivity index (χ0) is 12.1. The van der Waals surface area contributed by atoms with Gasteiger partial charge in [-0.15, -0.1) is 0 Å². The summed E-state index contributed by atoms with van der Waals surface area (Å²) in [5.74, 6) is 0. The van der Waals surface area contributed by atoms with Crippen LogP contribution in [0.4, 0.5) is 0 Å². The summed E-state index contributed by atoms with van der Waals surface area (Å²) in [5, 5.41) is 1.94. The molecule has 0 fully saturated rings. The van der Waals surface area contributed by atoms with Crippen LogP contribution in [0.3, 0.4) is 0 Å². The van der Waals surface area contributed by atoms with Crippen LogP contribution < -0.4 is 4.46 Å². The SMILES string of the molecule is Clc1ccc(C(Br)C[Se]c2ccccc2)cc1. The molecule has 88 valence electrons. The first kappa shape index (κ1) is 13.2. The molecule has 1 unspecified atom stereocenters. The van der Waals surface area contributed by atoms with Crippen LogP contribution in [-0.2, 0) is 0 Å². The van der Waals surface area contributed by atoms with Crippen molar-refractivity contribution in [2.75, 3.05) is 0 Å². The minimum absolute atomic E-state index is 0.417. The molecule has 0 N–H and O–H groups in total. The minimum atomic E-state index is 0.417. The van der Waals surface area contributed by atoms with Gasteiger partial charge in [-0.05, 0) is 0 Å². The molecule has 17 heavy (non-hydrogen) atoms. The van der Waals surface area contributed by atoms with Crippen molar-refractivity contribution in [3.05, 3.63) is 65.2 Å². The maximum absolute atomic E-state index is 5.88. The standard InChI is InChI=1S/C14H12BrClSe/c15-14(11-6-8-12(16)9-7-11)10-17-13-4-2-1-3-5-13/h1-9,14H,10H2. The zero-order valence-electron chi connectivity index (χ0n) is 9.14. The van der Waals surface area contributed by atoms with E-state index in [0.717, 1.165) is 10.3 Å². The van der Waals surface area contributed by atoms with Gasteiger partial charge in [0.15, 0.2) is 0 Å². The van der Waals surface area contributed by atoms with E-state index in [-0.39, 0.29) is 0 Å². The summed E-state index contributed by atoms with van der Waals surface area (Å²) in [6.45, 7) is 0. The normalized spacial score (nSPS) is 12.4. The predicted octanol–water partition coefficient (Wildman–Crippen LogP) is 4.22. The van der Waals surface area contributed by atoms with Gasteiger partial charge in [-0.25, -0.2) is 0 Å². The van der Waals surface area contributed by atoms with Gasteiger partial charge in [-0.3, -0.25) is 0 Å². The predicted molar refractivity (Wildman–Crippen MR) is 79.8 cm³/mol. The Balaban J connectivity index is 1.93. The molecule has 3 heteroatoms. The van der Waals surface area contributed by atoms with Gasteiger partial charge in [0.1, 0.15) is 0 Å². The molecule has 0 aliphatic heterocycles. The second-order valence-electron chi connectivity index (χ2n) is 3.64. The van der Waals surface area contributed by atoms with Gasteiger partial charge in [-0.2, -0.15) is 0 Å². The number of alkyl halides is 1. The first-order valence-corrected chi connectivity index (χ1v) is 8.69. The van der Waals surface area contributed by atoms with Crippen molar-refractivity contribution in [2.45, 2.75) is 10.1 Å². The van der Waals surface area contributed by atoms with Crippen molar-refractivity contribution in [3.8, 4) is 0 Å². The van der Waals surface area contributed by atoms with E-state index in [9.17, 15) is 0 Å². The third-order valence-electron chi connectivity index (χ3n) is 2.37. The molecule has 2 aromatic rings. The van der Waals surface area contributed by atoms with E-state index >= 15 is 0 Å². The molecule has 1 atom stereocenters. The fourth-order valence-electron chi connectivity index (χ4n) is 1.45. The molecule has 0 aromatic heterocycles. The van der Waals surface area contributed by atoms with Crippen molar-refractivity contribution in [1.29, 1.82) is 0 Å². The Morgan fingerprint density at radius 1 is 1.00 bits per heavy atom. The molecule has 0 bridgehead atoms. The molecule has 0 heterocycles. The van der Waals surface area contributed by atoms with Crippen molar-refractivity contribution < 1.29 is 0 Å². The summed E-state index contributed by atoms with van der Waals surface area (Å²) < 4.78 is 1.44. The van der Waals surface area contributed by atoms with Crippen molar-refractivity contribution in [3.63, 3.8) is 0 Å². The molecule has 0 saturated heterocycles. The van der Waals surface area contributed by atoms with Crippen LogP contribution >= 0.6 is 27.5 Å². The molecule has 0 aliphatic carbocycles. The number of halogens is 2. The Kier molecular flexibility index (Phi) is 5.12. The Morgan fingerprint density at radius 2 is 1.65 bits per heavy atom. The Hall–Kier alpha value is -0.271. The van der Waals surface area contributed by atoms with Crippen LogP contribution in [0, 0.1) is 0 Å². The van der Waals surface area contributed by atoms with Gasteiger partial charge in [0, 0.05) is 0 Å². The van der Waals surface area contributed by atoms with E-state index in [1.807, 2.05) is 12.1 Å². The molecule has 2 rings (SSSR count). The van der Waals surface area contributed by atoms with Gasteiger partial charge in [0.05, 0.1) is 0 Å². The summed E-state index contributed by atoms with van der Waals surface area (Å²) in [6.07, 6.45) is 0. The third kappa shape index (κ3) is 4.15. The second kappa shape index (κ2) is 6.61. The third-order valence-corrected chi connectivity index (χ3v) is 6.76. The Bertz CT molecular complexity index is 455. The maximum atomic E-state index is 5.88. The number of benzene rings is 2. The first-order chi connectivity index (χ1) is 8.25. The number of hydrogen-bond donors (Lipinski definition) is 0. The van der Waals surface area contributed by atoms with Crippen LogP contribution in [0.5, 0.6) is 0 Å². The fraction of sp³-hybridized carbons (Fsp3) is 0.143. The van der Waals surface area contributed by atoms with Crippen LogP contribution in [0.2, 0.25) is 10.3 Å². The summed E-state index contributed by atoms with van der Waals surface area (Å²) in [6, 6.07) is 18.7. The van der Waals surface area contributed by atoms with Gasteiger partial charge >= 0.3 is 122 Å². The molecule has 0 nitrogen and oxygen atoms in total. The van der Waals surface area contributed by atoms with Crippen LogP contribution in [0.1, 0.15) is 10.4 Å². The van der Waals surface area contributed by atoms with Crippen molar-refractivity contribution in [2.24, 2.45) is 0 Å². The average molecular weight is 375 g/mol. The number of hydrogen-bond acceptors (Lipinski definition) is 0. The molecule has 0 aliphatic rings. The molecule has 0 amide bonds.